The number of ether oxygens (including phenoxy) is 3. The number of carbonyl (C=O) groups excluding carboxylic acids is 1. The number of urea groups is 1. The van der Waals surface area contributed by atoms with Crippen molar-refractivity contribution in [2.75, 3.05) is 25.0 Å². The minimum absolute atomic E-state index is 0.00614. The van der Waals surface area contributed by atoms with Crippen LogP contribution in [0.3, 0.4) is 0 Å². The van der Waals surface area contributed by atoms with Crippen LogP contribution in [0, 0.1) is 5.92 Å². The fourth-order valence-electron chi connectivity index (χ4n) is 6.28. The van der Waals surface area contributed by atoms with Crippen LogP contribution >= 0.6 is 0 Å². The van der Waals surface area contributed by atoms with Crippen LogP contribution in [-0.4, -0.2) is 53.0 Å². The van der Waals surface area contributed by atoms with Crippen LogP contribution in [0.15, 0.2) is 103 Å². The maximum absolute atomic E-state index is 12.6. The van der Waals surface area contributed by atoms with Crippen molar-refractivity contribution < 1.29 is 29.2 Å². The molecule has 0 radical (unpaired) electrons. The molecule has 0 aliphatic carbocycles. The van der Waals surface area contributed by atoms with Crippen LogP contribution in [-0.2, 0) is 22.6 Å². The number of hydrogen-bond donors (Lipinski definition) is 4. The van der Waals surface area contributed by atoms with E-state index in [-0.39, 0.29) is 43.4 Å². The van der Waals surface area contributed by atoms with Crippen molar-refractivity contribution in [3.05, 3.63) is 125 Å². The summed E-state index contributed by atoms with van der Waals surface area (Å²) in [7, 11) is 0. The van der Waals surface area contributed by atoms with Crippen molar-refractivity contribution in [2.45, 2.75) is 57.5 Å². The largest absolute Gasteiger partial charge is 0.457 e. The second-order valence-corrected chi connectivity index (χ2v) is 12.3. The van der Waals surface area contributed by atoms with Crippen LogP contribution in [0.25, 0.3) is 0 Å². The number of benzene rings is 4. The second kappa shape index (κ2) is 15.6. The third-order valence-corrected chi connectivity index (χ3v) is 9.04. The number of carbonyl (C=O) groups is 1. The molecule has 2 saturated heterocycles. The summed E-state index contributed by atoms with van der Waals surface area (Å²) in [5, 5.41) is 25.2. The minimum atomic E-state index is -0.576. The summed E-state index contributed by atoms with van der Waals surface area (Å²) < 4.78 is 19.0. The third-order valence-electron chi connectivity index (χ3n) is 9.04. The summed E-state index contributed by atoms with van der Waals surface area (Å²) >= 11 is 0. The van der Waals surface area contributed by atoms with Crippen LogP contribution < -0.4 is 15.4 Å². The van der Waals surface area contributed by atoms with Crippen LogP contribution in [0.4, 0.5) is 10.5 Å². The third kappa shape index (κ3) is 8.38. The van der Waals surface area contributed by atoms with Crippen molar-refractivity contribution in [1.29, 1.82) is 0 Å². The molecule has 0 bridgehead atoms. The van der Waals surface area contributed by atoms with E-state index in [1.165, 1.54) is 0 Å². The second-order valence-electron chi connectivity index (χ2n) is 12.3. The summed E-state index contributed by atoms with van der Waals surface area (Å²) in [5.41, 5.74) is 4.39. The van der Waals surface area contributed by atoms with Crippen LogP contribution in [0.1, 0.15) is 54.4 Å². The van der Waals surface area contributed by atoms with Crippen LogP contribution in [0.5, 0.6) is 11.5 Å². The molecule has 5 unspecified atom stereocenters. The van der Waals surface area contributed by atoms with Crippen molar-refractivity contribution in [2.24, 2.45) is 5.92 Å². The molecule has 5 atom stereocenters. The molecular formula is C38H43N3O6. The molecule has 47 heavy (non-hydrogen) atoms. The first-order chi connectivity index (χ1) is 23.0. The molecule has 2 aliphatic rings. The summed E-state index contributed by atoms with van der Waals surface area (Å²) in [6.07, 6.45) is 1.18. The molecular weight excluding hydrogens is 594 g/mol. The summed E-state index contributed by atoms with van der Waals surface area (Å²) in [5.74, 6) is 1.51. The Morgan fingerprint density at radius 2 is 1.53 bits per heavy atom. The molecule has 2 amide bonds. The van der Waals surface area contributed by atoms with E-state index in [2.05, 4.69) is 22.5 Å². The Hall–Kier alpha value is -4.25. The standard InChI is InChI=1S/C38H43N3O6/c1-26-35(23-41-21-5-6-32(41)25-43)46-37(47-36(26)29-13-11-28(24-42)12-14-29)30-15-9-27(10-16-30)22-39-38(44)40-31-17-19-34(20-18-31)45-33-7-3-2-4-8-33/h2-4,7-20,26,32,35-37,42-43H,5-6,21-25H2,1H3,(H2,39,40,44). The lowest BCUT2D eigenvalue weighted by atomic mass is 9.90. The van der Waals surface area contributed by atoms with Crippen molar-refractivity contribution in [3.63, 3.8) is 0 Å². The average Bonchev–Trinajstić information content (AvgIpc) is 3.57. The Bertz CT molecular complexity index is 1570. The molecule has 2 fully saturated rings. The van der Waals surface area contributed by atoms with Gasteiger partial charge in [-0.1, -0.05) is 73.7 Å². The van der Waals surface area contributed by atoms with Gasteiger partial charge in [0.1, 0.15) is 11.5 Å². The summed E-state index contributed by atoms with van der Waals surface area (Å²) in [4.78, 5) is 14.9. The molecule has 0 aromatic heterocycles. The van der Waals surface area contributed by atoms with E-state index in [0.29, 0.717) is 18.0 Å². The molecule has 0 saturated carbocycles. The summed E-state index contributed by atoms with van der Waals surface area (Å²) in [6, 6.07) is 32.4. The molecule has 4 N–H and O–H groups in total. The highest BCUT2D eigenvalue weighted by Gasteiger charge is 2.40. The summed E-state index contributed by atoms with van der Waals surface area (Å²) in [6.45, 7) is 4.32. The highest BCUT2D eigenvalue weighted by Crippen LogP contribution is 2.42. The average molecular weight is 638 g/mol. The van der Waals surface area contributed by atoms with Gasteiger partial charge in [-0.05, 0) is 72.5 Å². The zero-order valence-corrected chi connectivity index (χ0v) is 26.6. The van der Waals surface area contributed by atoms with Gasteiger partial charge in [0.2, 0.25) is 0 Å². The number of nitrogens with one attached hydrogen (secondary N) is 2. The number of aliphatic hydroxyl groups is 2. The van der Waals surface area contributed by atoms with Gasteiger partial charge in [-0.15, -0.1) is 0 Å². The topological polar surface area (TPSA) is 113 Å². The Morgan fingerprint density at radius 3 is 2.23 bits per heavy atom. The zero-order chi connectivity index (χ0) is 32.6. The molecule has 0 spiro atoms. The van der Waals surface area contributed by atoms with E-state index < -0.39 is 6.29 Å². The number of aliphatic hydroxyl groups excluding tert-OH is 2. The number of likely N-dealkylation sites (tertiary alicyclic amines) is 1. The van der Waals surface area contributed by atoms with E-state index in [0.717, 1.165) is 53.9 Å². The lowest BCUT2D eigenvalue weighted by Crippen LogP contribution is -2.46. The number of anilines is 1. The minimum Gasteiger partial charge on any atom is -0.457 e. The van der Waals surface area contributed by atoms with Gasteiger partial charge in [0, 0.05) is 36.3 Å². The number of nitrogens with zero attached hydrogens (tertiary/aromatic N) is 1. The van der Waals surface area contributed by atoms with E-state index >= 15 is 0 Å². The fraction of sp³-hybridized carbons (Fsp3) is 0.342. The lowest BCUT2D eigenvalue weighted by molar-refractivity contribution is -0.276. The van der Waals surface area contributed by atoms with Gasteiger partial charge in [0.25, 0.3) is 0 Å². The molecule has 4 aromatic rings. The van der Waals surface area contributed by atoms with Gasteiger partial charge in [-0.3, -0.25) is 4.90 Å². The quantitative estimate of drug-likeness (QED) is 0.148. The number of para-hydroxylation sites is 1. The van der Waals surface area contributed by atoms with E-state index in [4.69, 9.17) is 14.2 Å². The number of rotatable bonds is 11. The van der Waals surface area contributed by atoms with Crippen molar-refractivity contribution >= 4 is 11.7 Å². The lowest BCUT2D eigenvalue weighted by Gasteiger charge is -2.43. The number of amides is 2. The van der Waals surface area contributed by atoms with Crippen molar-refractivity contribution in [1.82, 2.24) is 10.2 Å². The van der Waals surface area contributed by atoms with Gasteiger partial charge >= 0.3 is 6.03 Å². The van der Waals surface area contributed by atoms with E-state index in [9.17, 15) is 15.0 Å². The van der Waals surface area contributed by atoms with E-state index in [1.807, 2.05) is 91.0 Å². The fourth-order valence-corrected chi connectivity index (χ4v) is 6.28. The molecule has 2 aliphatic heterocycles. The molecule has 9 nitrogen and oxygen atoms in total. The SMILES string of the molecule is CC1C(CN2CCCC2CO)OC(c2ccc(CNC(=O)Nc3ccc(Oc4ccccc4)cc3)cc2)OC1c1ccc(CO)cc1. The first-order valence-electron chi connectivity index (χ1n) is 16.3. The molecule has 6 rings (SSSR count). The van der Waals surface area contributed by atoms with Crippen LogP contribution in [0.2, 0.25) is 0 Å². The van der Waals surface area contributed by atoms with Gasteiger partial charge in [-0.2, -0.15) is 0 Å². The predicted octanol–water partition coefficient (Wildman–Crippen LogP) is 6.54. The maximum atomic E-state index is 12.6. The highest BCUT2D eigenvalue weighted by molar-refractivity contribution is 5.89. The Kier molecular flexibility index (Phi) is 10.8. The van der Waals surface area contributed by atoms with Gasteiger partial charge < -0.3 is 35.1 Å². The molecule has 9 heteroatoms. The zero-order valence-electron chi connectivity index (χ0n) is 26.6. The monoisotopic (exact) mass is 637 g/mol. The smallest absolute Gasteiger partial charge is 0.319 e. The van der Waals surface area contributed by atoms with Gasteiger partial charge in [0.15, 0.2) is 6.29 Å². The Labute approximate surface area is 276 Å². The normalized spacial score (nSPS) is 22.9. The van der Waals surface area contributed by atoms with Gasteiger partial charge in [-0.25, -0.2) is 4.79 Å². The maximum Gasteiger partial charge on any atom is 0.319 e. The predicted molar refractivity (Wildman–Crippen MR) is 180 cm³/mol. The van der Waals surface area contributed by atoms with Gasteiger partial charge in [0.05, 0.1) is 25.4 Å². The van der Waals surface area contributed by atoms with Crippen molar-refractivity contribution in [3.8, 4) is 11.5 Å². The molecule has 4 aromatic carbocycles. The number of hydrogen-bond acceptors (Lipinski definition) is 7. The highest BCUT2D eigenvalue weighted by atomic mass is 16.7. The first kappa shape index (κ1) is 32.7. The Balaban J connectivity index is 1.07. The first-order valence-corrected chi connectivity index (χ1v) is 16.3. The Morgan fingerprint density at radius 1 is 0.851 bits per heavy atom. The molecule has 2 heterocycles. The molecule has 246 valence electrons. The van der Waals surface area contributed by atoms with E-state index in [1.54, 1.807) is 12.1 Å².